The first-order valence-electron chi connectivity index (χ1n) is 7.05. The standard InChI is InChI=1S/C14H27NO2/c1-4-6-11-15(3)13-9-7-12(8-10-13)14(16)17-5-2/h12-13H,4-11H2,1-3H3. The van der Waals surface area contributed by atoms with Crippen LogP contribution < -0.4 is 0 Å². The molecule has 0 saturated heterocycles. The van der Waals surface area contributed by atoms with Gasteiger partial charge in [0.25, 0.3) is 0 Å². The fourth-order valence-corrected chi connectivity index (χ4v) is 2.60. The number of carbonyl (C=O) groups is 1. The van der Waals surface area contributed by atoms with Crippen molar-refractivity contribution in [1.82, 2.24) is 4.90 Å². The Kier molecular flexibility index (Phi) is 6.56. The molecule has 1 saturated carbocycles. The van der Waals surface area contributed by atoms with Crippen LogP contribution in [0.2, 0.25) is 0 Å². The van der Waals surface area contributed by atoms with Crippen molar-refractivity contribution < 1.29 is 9.53 Å². The van der Waals surface area contributed by atoms with Gasteiger partial charge in [-0.1, -0.05) is 13.3 Å². The van der Waals surface area contributed by atoms with Crippen LogP contribution in [0.3, 0.4) is 0 Å². The molecule has 1 rings (SSSR count). The van der Waals surface area contributed by atoms with E-state index in [1.54, 1.807) is 0 Å². The molecule has 0 aromatic rings. The molecule has 17 heavy (non-hydrogen) atoms. The summed E-state index contributed by atoms with van der Waals surface area (Å²) in [6, 6.07) is 0.673. The number of esters is 1. The zero-order valence-corrected chi connectivity index (χ0v) is 11.6. The SMILES string of the molecule is CCCCN(C)C1CCC(C(=O)OCC)CC1. The maximum atomic E-state index is 11.6. The quantitative estimate of drug-likeness (QED) is 0.670. The number of hydrogen-bond acceptors (Lipinski definition) is 3. The van der Waals surface area contributed by atoms with Crippen LogP contribution in [0.4, 0.5) is 0 Å². The minimum absolute atomic E-state index is 0.0159. The van der Waals surface area contributed by atoms with Crippen LogP contribution in [0.5, 0.6) is 0 Å². The summed E-state index contributed by atoms with van der Waals surface area (Å²) in [6.07, 6.45) is 6.81. The first kappa shape index (κ1) is 14.5. The Hall–Kier alpha value is -0.570. The van der Waals surface area contributed by atoms with Gasteiger partial charge in [0.15, 0.2) is 0 Å². The second-order valence-corrected chi connectivity index (χ2v) is 5.09. The van der Waals surface area contributed by atoms with Crippen LogP contribution in [0.25, 0.3) is 0 Å². The largest absolute Gasteiger partial charge is 0.466 e. The van der Waals surface area contributed by atoms with Gasteiger partial charge in [-0.15, -0.1) is 0 Å². The molecule has 0 N–H and O–H groups in total. The van der Waals surface area contributed by atoms with Gasteiger partial charge in [-0.05, 0) is 52.6 Å². The monoisotopic (exact) mass is 241 g/mol. The van der Waals surface area contributed by atoms with Crippen LogP contribution in [0.1, 0.15) is 52.4 Å². The highest BCUT2D eigenvalue weighted by atomic mass is 16.5. The molecule has 100 valence electrons. The average Bonchev–Trinajstić information content (AvgIpc) is 2.36. The lowest BCUT2D eigenvalue weighted by Crippen LogP contribution is -2.37. The van der Waals surface area contributed by atoms with E-state index in [-0.39, 0.29) is 11.9 Å². The molecule has 0 spiro atoms. The fraction of sp³-hybridized carbons (Fsp3) is 0.929. The van der Waals surface area contributed by atoms with Crippen molar-refractivity contribution in [1.29, 1.82) is 0 Å². The second kappa shape index (κ2) is 7.70. The predicted octanol–water partition coefficient (Wildman–Crippen LogP) is 2.84. The summed E-state index contributed by atoms with van der Waals surface area (Å²) in [5, 5.41) is 0. The van der Waals surface area contributed by atoms with E-state index >= 15 is 0 Å². The topological polar surface area (TPSA) is 29.5 Å². The maximum Gasteiger partial charge on any atom is 0.308 e. The Balaban J connectivity index is 2.27. The summed E-state index contributed by atoms with van der Waals surface area (Å²) < 4.78 is 5.09. The van der Waals surface area contributed by atoms with Gasteiger partial charge >= 0.3 is 5.97 Å². The van der Waals surface area contributed by atoms with Gasteiger partial charge in [0, 0.05) is 6.04 Å². The summed E-state index contributed by atoms with van der Waals surface area (Å²) >= 11 is 0. The van der Waals surface area contributed by atoms with Gasteiger partial charge in [-0.25, -0.2) is 0 Å². The average molecular weight is 241 g/mol. The van der Waals surface area contributed by atoms with Crippen LogP contribution >= 0.6 is 0 Å². The van der Waals surface area contributed by atoms with Crippen molar-refractivity contribution in [3.8, 4) is 0 Å². The van der Waals surface area contributed by atoms with E-state index in [9.17, 15) is 4.79 Å². The number of nitrogens with zero attached hydrogens (tertiary/aromatic N) is 1. The van der Waals surface area contributed by atoms with Crippen molar-refractivity contribution in [2.75, 3.05) is 20.2 Å². The zero-order valence-electron chi connectivity index (χ0n) is 11.6. The molecule has 0 radical (unpaired) electrons. The summed E-state index contributed by atoms with van der Waals surface area (Å²) in [7, 11) is 2.21. The Labute approximate surface area is 106 Å². The van der Waals surface area contributed by atoms with E-state index in [2.05, 4.69) is 18.9 Å². The van der Waals surface area contributed by atoms with Crippen LogP contribution in [-0.4, -0.2) is 37.1 Å². The predicted molar refractivity (Wildman–Crippen MR) is 69.9 cm³/mol. The van der Waals surface area contributed by atoms with Crippen molar-refractivity contribution in [3.63, 3.8) is 0 Å². The normalized spacial score (nSPS) is 24.9. The highest BCUT2D eigenvalue weighted by Crippen LogP contribution is 2.28. The Morgan fingerprint density at radius 3 is 2.41 bits per heavy atom. The Bertz CT molecular complexity index is 222. The lowest BCUT2D eigenvalue weighted by molar-refractivity contribution is -0.149. The molecule has 1 aliphatic rings. The highest BCUT2D eigenvalue weighted by Gasteiger charge is 2.28. The zero-order chi connectivity index (χ0) is 12.7. The van der Waals surface area contributed by atoms with Gasteiger partial charge < -0.3 is 9.64 Å². The van der Waals surface area contributed by atoms with Crippen molar-refractivity contribution in [3.05, 3.63) is 0 Å². The third-order valence-corrected chi connectivity index (χ3v) is 3.80. The summed E-state index contributed by atoms with van der Waals surface area (Å²) in [5.74, 6) is 0.174. The summed E-state index contributed by atoms with van der Waals surface area (Å²) in [4.78, 5) is 14.1. The Morgan fingerprint density at radius 2 is 1.88 bits per heavy atom. The molecule has 3 nitrogen and oxygen atoms in total. The highest BCUT2D eigenvalue weighted by molar-refractivity contribution is 5.72. The van der Waals surface area contributed by atoms with E-state index in [0.717, 1.165) is 25.7 Å². The van der Waals surface area contributed by atoms with E-state index in [4.69, 9.17) is 4.74 Å². The summed E-state index contributed by atoms with van der Waals surface area (Å²) in [6.45, 7) is 5.80. The third kappa shape index (κ3) is 4.66. The maximum absolute atomic E-state index is 11.6. The number of rotatable bonds is 6. The fourth-order valence-electron chi connectivity index (χ4n) is 2.60. The van der Waals surface area contributed by atoms with E-state index in [1.807, 2.05) is 6.92 Å². The van der Waals surface area contributed by atoms with E-state index < -0.39 is 0 Å². The molecule has 0 amide bonds. The molecule has 0 atom stereocenters. The number of hydrogen-bond donors (Lipinski definition) is 0. The molecular weight excluding hydrogens is 214 g/mol. The minimum atomic E-state index is 0.0159. The molecule has 0 aromatic heterocycles. The second-order valence-electron chi connectivity index (χ2n) is 5.09. The van der Waals surface area contributed by atoms with E-state index in [0.29, 0.717) is 12.6 Å². The molecule has 0 unspecified atom stereocenters. The molecule has 0 aromatic carbocycles. The third-order valence-electron chi connectivity index (χ3n) is 3.80. The number of ether oxygens (including phenoxy) is 1. The van der Waals surface area contributed by atoms with E-state index in [1.165, 1.54) is 19.4 Å². The molecule has 1 aliphatic carbocycles. The van der Waals surface area contributed by atoms with Crippen molar-refractivity contribution in [2.24, 2.45) is 5.92 Å². The molecule has 0 aliphatic heterocycles. The lowest BCUT2D eigenvalue weighted by Gasteiger charge is -2.33. The van der Waals surface area contributed by atoms with Gasteiger partial charge in [-0.3, -0.25) is 4.79 Å². The van der Waals surface area contributed by atoms with Crippen LogP contribution in [0.15, 0.2) is 0 Å². The van der Waals surface area contributed by atoms with Gasteiger partial charge in [0.2, 0.25) is 0 Å². The van der Waals surface area contributed by atoms with Gasteiger partial charge in [0.05, 0.1) is 12.5 Å². The van der Waals surface area contributed by atoms with Crippen LogP contribution in [-0.2, 0) is 9.53 Å². The molecule has 3 heteroatoms. The van der Waals surface area contributed by atoms with Crippen molar-refractivity contribution >= 4 is 5.97 Å². The first-order chi connectivity index (χ1) is 8.19. The molecule has 0 heterocycles. The molecule has 0 bridgehead atoms. The van der Waals surface area contributed by atoms with Crippen LogP contribution in [0, 0.1) is 5.92 Å². The first-order valence-corrected chi connectivity index (χ1v) is 7.05. The van der Waals surface area contributed by atoms with Crippen molar-refractivity contribution in [2.45, 2.75) is 58.4 Å². The van der Waals surface area contributed by atoms with Gasteiger partial charge in [-0.2, -0.15) is 0 Å². The molecule has 1 fully saturated rings. The molecular formula is C14H27NO2. The minimum Gasteiger partial charge on any atom is -0.466 e. The number of carbonyl (C=O) groups excluding carboxylic acids is 1. The lowest BCUT2D eigenvalue weighted by atomic mass is 9.85. The number of unbranched alkanes of at least 4 members (excludes halogenated alkanes) is 1. The summed E-state index contributed by atoms with van der Waals surface area (Å²) in [5.41, 5.74) is 0. The van der Waals surface area contributed by atoms with Gasteiger partial charge in [0.1, 0.15) is 0 Å². The Morgan fingerprint density at radius 1 is 1.24 bits per heavy atom. The smallest absolute Gasteiger partial charge is 0.308 e.